The van der Waals surface area contributed by atoms with Crippen LogP contribution in [0.4, 0.5) is 0 Å². The van der Waals surface area contributed by atoms with E-state index in [1.165, 1.54) is 11.1 Å². The van der Waals surface area contributed by atoms with E-state index < -0.39 is 0 Å². The van der Waals surface area contributed by atoms with Crippen molar-refractivity contribution in [2.24, 2.45) is 0 Å². The molecule has 1 aromatic carbocycles. The smallest absolute Gasteiger partial charge is 0.0720 e. The van der Waals surface area contributed by atoms with E-state index in [-0.39, 0.29) is 5.41 Å². The second kappa shape index (κ2) is 2.71. The molecule has 3 rings (SSSR count). The van der Waals surface area contributed by atoms with Crippen LogP contribution in [0.3, 0.4) is 0 Å². The normalized spacial score (nSPS) is 32.2. The molecule has 1 nitrogen and oxygen atoms in total. The highest BCUT2D eigenvalue weighted by molar-refractivity contribution is 5.68. The van der Waals surface area contributed by atoms with E-state index in [0.29, 0.717) is 6.10 Å². The van der Waals surface area contributed by atoms with Gasteiger partial charge in [-0.1, -0.05) is 36.4 Å². The summed E-state index contributed by atoms with van der Waals surface area (Å²) in [6.07, 6.45) is 6.13. The summed E-state index contributed by atoms with van der Waals surface area (Å²) in [5, 5.41) is 0. The van der Waals surface area contributed by atoms with Gasteiger partial charge in [-0.3, -0.25) is 0 Å². The SMILES string of the molecule is CCOC1CC12C=Cc1ccccc12. The summed E-state index contributed by atoms with van der Waals surface area (Å²) in [7, 11) is 0. The van der Waals surface area contributed by atoms with Gasteiger partial charge in [0.25, 0.3) is 0 Å². The largest absolute Gasteiger partial charge is 0.377 e. The molecule has 2 atom stereocenters. The van der Waals surface area contributed by atoms with E-state index in [1.807, 2.05) is 0 Å². The maximum absolute atomic E-state index is 5.70. The van der Waals surface area contributed by atoms with Gasteiger partial charge in [0.1, 0.15) is 0 Å². The highest BCUT2D eigenvalue weighted by Gasteiger charge is 2.56. The number of fused-ring (bicyclic) bond motifs is 2. The molecule has 0 N–H and O–H groups in total. The van der Waals surface area contributed by atoms with Gasteiger partial charge in [-0.2, -0.15) is 0 Å². The highest BCUT2D eigenvalue weighted by atomic mass is 16.5. The average Bonchev–Trinajstić information content (AvgIpc) is 2.77. The Balaban J connectivity index is 1.97. The second-order valence-corrected chi connectivity index (χ2v) is 4.11. The Labute approximate surface area is 84.4 Å². The van der Waals surface area contributed by atoms with E-state index in [2.05, 4.69) is 43.3 Å². The van der Waals surface area contributed by atoms with Crippen LogP contribution < -0.4 is 0 Å². The summed E-state index contributed by atoms with van der Waals surface area (Å²) in [6.45, 7) is 2.89. The van der Waals surface area contributed by atoms with Gasteiger partial charge in [-0.05, 0) is 24.5 Å². The Morgan fingerprint density at radius 1 is 1.43 bits per heavy atom. The molecule has 0 aromatic heterocycles. The first-order valence-corrected chi connectivity index (χ1v) is 5.27. The van der Waals surface area contributed by atoms with E-state index in [4.69, 9.17) is 4.74 Å². The lowest BCUT2D eigenvalue weighted by atomic mass is 9.98. The maximum atomic E-state index is 5.70. The van der Waals surface area contributed by atoms with Gasteiger partial charge in [0.15, 0.2) is 0 Å². The lowest BCUT2D eigenvalue weighted by molar-refractivity contribution is 0.121. The Hall–Kier alpha value is -1.08. The summed E-state index contributed by atoms with van der Waals surface area (Å²) in [5.41, 5.74) is 3.07. The molecule has 0 radical (unpaired) electrons. The van der Waals surface area contributed by atoms with Crippen LogP contribution in [0.5, 0.6) is 0 Å². The third kappa shape index (κ3) is 0.934. The highest BCUT2D eigenvalue weighted by Crippen LogP contribution is 2.56. The molecule has 1 heteroatoms. The van der Waals surface area contributed by atoms with Gasteiger partial charge >= 0.3 is 0 Å². The molecule has 1 aromatic rings. The van der Waals surface area contributed by atoms with Crippen LogP contribution in [0.15, 0.2) is 30.3 Å². The molecular formula is C13H14O. The molecule has 1 saturated carbocycles. The summed E-state index contributed by atoms with van der Waals surface area (Å²) >= 11 is 0. The van der Waals surface area contributed by atoms with Gasteiger partial charge in [-0.25, -0.2) is 0 Å². The summed E-state index contributed by atoms with van der Waals surface area (Å²) in [6, 6.07) is 8.63. The van der Waals surface area contributed by atoms with Crippen LogP contribution in [-0.4, -0.2) is 12.7 Å². The fraction of sp³-hybridized carbons (Fsp3) is 0.385. The summed E-state index contributed by atoms with van der Waals surface area (Å²) in [5.74, 6) is 0. The van der Waals surface area contributed by atoms with Crippen LogP contribution >= 0.6 is 0 Å². The molecule has 2 aliphatic rings. The molecule has 0 heterocycles. The van der Waals surface area contributed by atoms with Crippen LogP contribution in [0.2, 0.25) is 0 Å². The first kappa shape index (κ1) is 8.25. The number of ether oxygens (including phenoxy) is 1. The average molecular weight is 186 g/mol. The lowest BCUT2D eigenvalue weighted by Gasteiger charge is -2.10. The van der Waals surface area contributed by atoms with Gasteiger partial charge in [0.05, 0.1) is 6.10 Å². The van der Waals surface area contributed by atoms with Crippen molar-refractivity contribution >= 4 is 6.08 Å². The van der Waals surface area contributed by atoms with Gasteiger partial charge < -0.3 is 4.74 Å². The Kier molecular flexibility index (Phi) is 1.59. The van der Waals surface area contributed by atoms with E-state index in [9.17, 15) is 0 Å². The first-order chi connectivity index (χ1) is 6.87. The third-order valence-electron chi connectivity index (χ3n) is 3.33. The van der Waals surface area contributed by atoms with Crippen LogP contribution in [0.25, 0.3) is 6.08 Å². The van der Waals surface area contributed by atoms with Crippen molar-refractivity contribution in [1.82, 2.24) is 0 Å². The van der Waals surface area contributed by atoms with Crippen molar-refractivity contribution < 1.29 is 4.74 Å². The molecule has 72 valence electrons. The molecule has 0 aliphatic heterocycles. The van der Waals surface area contributed by atoms with Gasteiger partial charge in [-0.15, -0.1) is 0 Å². The quantitative estimate of drug-likeness (QED) is 0.690. The molecule has 0 amide bonds. The molecule has 14 heavy (non-hydrogen) atoms. The Morgan fingerprint density at radius 2 is 2.29 bits per heavy atom. The third-order valence-corrected chi connectivity index (χ3v) is 3.33. The fourth-order valence-electron chi connectivity index (χ4n) is 2.51. The van der Waals surface area contributed by atoms with Crippen molar-refractivity contribution in [2.75, 3.05) is 6.61 Å². The topological polar surface area (TPSA) is 9.23 Å². The minimum Gasteiger partial charge on any atom is -0.377 e. The van der Waals surface area contributed by atoms with Crippen LogP contribution in [0, 0.1) is 0 Å². The monoisotopic (exact) mass is 186 g/mol. The number of hydrogen-bond donors (Lipinski definition) is 0. The molecule has 0 saturated heterocycles. The van der Waals surface area contributed by atoms with Crippen LogP contribution in [-0.2, 0) is 10.2 Å². The standard InChI is InChI=1S/C13H14O/c1-2-14-12-9-13(12)8-7-10-5-3-4-6-11(10)13/h3-8,12H,2,9H2,1H3. The molecular weight excluding hydrogens is 172 g/mol. The molecule has 1 fully saturated rings. The number of benzene rings is 1. The van der Waals surface area contributed by atoms with Crippen molar-refractivity contribution in [1.29, 1.82) is 0 Å². The van der Waals surface area contributed by atoms with Gasteiger partial charge in [0.2, 0.25) is 0 Å². The van der Waals surface area contributed by atoms with E-state index >= 15 is 0 Å². The van der Waals surface area contributed by atoms with Crippen molar-refractivity contribution in [3.8, 4) is 0 Å². The van der Waals surface area contributed by atoms with E-state index in [1.54, 1.807) is 0 Å². The van der Waals surface area contributed by atoms with Gasteiger partial charge in [0, 0.05) is 12.0 Å². The first-order valence-electron chi connectivity index (χ1n) is 5.27. The zero-order chi connectivity index (χ0) is 9.60. The molecule has 2 unspecified atom stereocenters. The van der Waals surface area contributed by atoms with E-state index in [0.717, 1.165) is 13.0 Å². The molecule has 2 aliphatic carbocycles. The zero-order valence-corrected chi connectivity index (χ0v) is 8.36. The Morgan fingerprint density at radius 3 is 3.14 bits per heavy atom. The van der Waals surface area contributed by atoms with Crippen LogP contribution in [0.1, 0.15) is 24.5 Å². The lowest BCUT2D eigenvalue weighted by Crippen LogP contribution is -2.09. The predicted molar refractivity (Wildman–Crippen MR) is 57.2 cm³/mol. The summed E-state index contributed by atoms with van der Waals surface area (Å²) < 4.78 is 5.70. The van der Waals surface area contributed by atoms with Crippen molar-refractivity contribution in [3.05, 3.63) is 41.5 Å². The molecule has 0 bridgehead atoms. The molecule has 1 spiro atoms. The van der Waals surface area contributed by atoms with Crippen molar-refractivity contribution in [2.45, 2.75) is 24.9 Å². The fourth-order valence-corrected chi connectivity index (χ4v) is 2.51. The number of rotatable bonds is 2. The van der Waals surface area contributed by atoms with Crippen molar-refractivity contribution in [3.63, 3.8) is 0 Å². The summed E-state index contributed by atoms with van der Waals surface area (Å²) in [4.78, 5) is 0. The minimum absolute atomic E-state index is 0.243. The Bertz CT molecular complexity index is 394. The second-order valence-electron chi connectivity index (χ2n) is 4.11. The zero-order valence-electron chi connectivity index (χ0n) is 8.36. The number of hydrogen-bond acceptors (Lipinski definition) is 1. The minimum atomic E-state index is 0.243. The maximum Gasteiger partial charge on any atom is 0.0720 e. The predicted octanol–water partition coefficient (Wildman–Crippen LogP) is 2.76.